The van der Waals surface area contributed by atoms with Crippen molar-refractivity contribution in [3.63, 3.8) is 0 Å². The Balaban J connectivity index is 0. The molecule has 2 heteroatoms. The summed E-state index contributed by atoms with van der Waals surface area (Å²) in [4.78, 5) is 0. The molecule has 0 aliphatic heterocycles. The number of rotatable bonds is 1. The van der Waals surface area contributed by atoms with Crippen molar-refractivity contribution >= 4 is 6.21 Å². The van der Waals surface area contributed by atoms with Crippen molar-refractivity contribution in [2.75, 3.05) is 0 Å². The molecule has 0 bridgehead atoms. The average molecular weight is 86.1 g/mol. The van der Waals surface area contributed by atoms with E-state index in [1.165, 1.54) is 12.4 Å². The smallest absolute Gasteiger partial charge is 0.0221 e. The highest BCUT2D eigenvalue weighted by atomic mass is 14.5. The zero-order chi connectivity index (χ0) is 4.99. The van der Waals surface area contributed by atoms with Crippen LogP contribution in [0.5, 0.6) is 0 Å². The van der Waals surface area contributed by atoms with E-state index in [0.717, 1.165) is 5.57 Å². The van der Waals surface area contributed by atoms with Gasteiger partial charge in [0.25, 0.3) is 0 Å². The Labute approximate surface area is 38.7 Å². The highest BCUT2D eigenvalue weighted by Crippen LogP contribution is 1.76. The Kier molecular flexibility index (Phi) is 2.13. The Morgan fingerprint density at radius 1 is 2.00 bits per heavy atom. The molecule has 0 rings (SSSR count). The summed E-state index contributed by atoms with van der Waals surface area (Å²) in [6.07, 6.45) is 2.60. The van der Waals surface area contributed by atoms with Crippen LogP contribution in [0.25, 0.3) is 0 Å². The van der Waals surface area contributed by atoms with Crippen molar-refractivity contribution in [3.05, 3.63) is 11.8 Å². The third kappa shape index (κ3) is 1.52. The monoisotopic (exact) mass is 86.1 g/mol. The Bertz CT molecular complexity index is 77.8. The predicted molar refractivity (Wildman–Crippen MR) is 28.8 cm³/mol. The van der Waals surface area contributed by atoms with Crippen molar-refractivity contribution < 1.29 is 1.43 Å². The molecule has 0 atom stereocenters. The summed E-state index contributed by atoms with van der Waals surface area (Å²) in [6.45, 7) is 1.77. The van der Waals surface area contributed by atoms with E-state index in [4.69, 9.17) is 11.1 Å². The quantitative estimate of drug-likeness (QED) is 0.454. The van der Waals surface area contributed by atoms with Gasteiger partial charge in [-0.1, -0.05) is 0 Å². The van der Waals surface area contributed by atoms with Gasteiger partial charge >= 0.3 is 0 Å². The number of hydrogen-bond donors (Lipinski definition) is 2. The molecule has 0 saturated heterocycles. The second-order valence-corrected chi connectivity index (χ2v) is 1.06. The molecule has 0 heterocycles. The van der Waals surface area contributed by atoms with Gasteiger partial charge in [0, 0.05) is 7.64 Å². The average Bonchev–Trinajstić information content (AvgIpc) is 1.65. The van der Waals surface area contributed by atoms with E-state index < -0.39 is 0 Å². The predicted octanol–water partition coefficient (Wildman–Crippen LogP) is 0.744. The molecule has 0 aromatic heterocycles. The maximum atomic E-state index is 6.54. The molecule has 6 heavy (non-hydrogen) atoms. The van der Waals surface area contributed by atoms with Gasteiger partial charge in [-0.05, 0) is 18.7 Å². The molecule has 0 aromatic carbocycles. The number of allylic oxidation sites excluding steroid dienone is 1. The third-order valence-electron chi connectivity index (χ3n) is 0.491. The fraction of sp³-hybridized carbons (Fsp3) is 0.250. The first-order valence-corrected chi connectivity index (χ1v) is 1.70. The molecule has 0 fully saturated rings. The second-order valence-electron chi connectivity index (χ2n) is 1.06. The third-order valence-corrected chi connectivity index (χ3v) is 0.491. The largest absolute Gasteiger partial charge is 0.404 e. The van der Waals surface area contributed by atoms with E-state index in [-0.39, 0.29) is 1.43 Å². The van der Waals surface area contributed by atoms with Crippen molar-refractivity contribution in [1.82, 2.24) is 0 Å². The van der Waals surface area contributed by atoms with Crippen molar-refractivity contribution in [2.24, 2.45) is 5.73 Å². The lowest BCUT2D eigenvalue weighted by Crippen LogP contribution is -1.82. The van der Waals surface area contributed by atoms with E-state index in [9.17, 15) is 0 Å². The normalized spacial score (nSPS) is 11.2. The highest BCUT2D eigenvalue weighted by molar-refractivity contribution is 5.74. The minimum atomic E-state index is 0. The summed E-state index contributed by atoms with van der Waals surface area (Å²) in [5.41, 5.74) is 5.76. The Hall–Kier alpha value is -0.790. The van der Waals surface area contributed by atoms with Crippen LogP contribution in [0.2, 0.25) is 0 Å². The van der Waals surface area contributed by atoms with Gasteiger partial charge in [-0.2, -0.15) is 0 Å². The van der Waals surface area contributed by atoms with Crippen molar-refractivity contribution in [2.45, 2.75) is 6.92 Å². The molecule has 0 unspecified atom stereocenters. The molecule has 0 aliphatic rings. The maximum Gasteiger partial charge on any atom is 0.0221 e. The molecule has 0 amide bonds. The van der Waals surface area contributed by atoms with Crippen LogP contribution in [0.3, 0.4) is 0 Å². The van der Waals surface area contributed by atoms with E-state index in [1.54, 1.807) is 6.92 Å². The lowest BCUT2D eigenvalue weighted by Gasteiger charge is -1.77. The van der Waals surface area contributed by atoms with Crippen LogP contribution in [-0.2, 0) is 0 Å². The maximum absolute atomic E-state index is 6.54. The summed E-state index contributed by atoms with van der Waals surface area (Å²) in [5, 5.41) is 6.54. The first-order chi connectivity index (χ1) is 2.81. The minimum Gasteiger partial charge on any atom is -0.404 e. The Morgan fingerprint density at radius 2 is 2.50 bits per heavy atom. The van der Waals surface area contributed by atoms with Gasteiger partial charge in [-0.3, -0.25) is 0 Å². The molecule has 3 N–H and O–H groups in total. The van der Waals surface area contributed by atoms with Crippen LogP contribution >= 0.6 is 0 Å². The summed E-state index contributed by atoms with van der Waals surface area (Å²) in [5.74, 6) is 0. The zero-order valence-corrected chi connectivity index (χ0v) is 3.73. The summed E-state index contributed by atoms with van der Waals surface area (Å²) in [7, 11) is 0. The van der Waals surface area contributed by atoms with E-state index in [2.05, 4.69) is 0 Å². The molecule has 0 spiro atoms. The highest BCUT2D eigenvalue weighted by Gasteiger charge is 1.69. The topological polar surface area (TPSA) is 49.9 Å². The lowest BCUT2D eigenvalue weighted by atomic mass is 10.4. The molecule has 0 saturated carbocycles. The van der Waals surface area contributed by atoms with Gasteiger partial charge in [-0.15, -0.1) is 0 Å². The van der Waals surface area contributed by atoms with Gasteiger partial charge in [-0.25, -0.2) is 0 Å². The van der Waals surface area contributed by atoms with Gasteiger partial charge in [0.2, 0.25) is 0 Å². The van der Waals surface area contributed by atoms with E-state index in [0.29, 0.717) is 0 Å². The van der Waals surface area contributed by atoms with Gasteiger partial charge in [0.05, 0.1) is 0 Å². The fourth-order valence-electron chi connectivity index (χ4n) is 0.0481. The van der Waals surface area contributed by atoms with Crippen LogP contribution in [0.15, 0.2) is 11.8 Å². The van der Waals surface area contributed by atoms with Gasteiger partial charge in [0.1, 0.15) is 0 Å². The summed E-state index contributed by atoms with van der Waals surface area (Å²) in [6, 6.07) is 0. The van der Waals surface area contributed by atoms with Crippen molar-refractivity contribution in [1.29, 1.82) is 5.41 Å². The molecular formula is C4H10N2. The number of nitrogens with two attached hydrogens (primary N) is 1. The lowest BCUT2D eigenvalue weighted by molar-refractivity contribution is 1.45. The van der Waals surface area contributed by atoms with Crippen molar-refractivity contribution in [3.8, 4) is 0 Å². The number of hydrogen-bond acceptors (Lipinski definition) is 2. The summed E-state index contributed by atoms with van der Waals surface area (Å²) >= 11 is 0. The number of nitrogens with one attached hydrogen (secondary N) is 1. The first kappa shape index (κ1) is 5.21. The van der Waals surface area contributed by atoms with Crippen LogP contribution in [0.4, 0.5) is 0 Å². The zero-order valence-electron chi connectivity index (χ0n) is 3.73. The second kappa shape index (κ2) is 2.45. The van der Waals surface area contributed by atoms with E-state index in [1.807, 2.05) is 0 Å². The molecule has 0 radical (unpaired) electrons. The van der Waals surface area contributed by atoms with Crippen LogP contribution in [0, 0.1) is 5.41 Å². The molecule has 0 aromatic rings. The molecule has 0 aliphatic carbocycles. The van der Waals surface area contributed by atoms with Crippen LogP contribution < -0.4 is 5.73 Å². The molecule has 36 valence electrons. The standard InChI is InChI=1S/C4H8N2.H2/c1-4(2-5)3-6;/h2-3,5H,6H2,1H3;1H/b4-3-,5-2?;. The van der Waals surface area contributed by atoms with Gasteiger partial charge < -0.3 is 11.1 Å². The Morgan fingerprint density at radius 3 is 2.50 bits per heavy atom. The minimum absolute atomic E-state index is 0. The van der Waals surface area contributed by atoms with Crippen LogP contribution in [0.1, 0.15) is 8.35 Å². The summed E-state index contributed by atoms with van der Waals surface area (Å²) < 4.78 is 0. The molecule has 2 nitrogen and oxygen atoms in total. The van der Waals surface area contributed by atoms with Crippen LogP contribution in [-0.4, -0.2) is 6.21 Å². The van der Waals surface area contributed by atoms with Gasteiger partial charge in [0.15, 0.2) is 0 Å². The SMILES string of the molecule is C/C(C=N)=C/N.[HH]. The van der Waals surface area contributed by atoms with E-state index >= 15 is 0 Å². The molecular weight excluding hydrogens is 76.1 g/mol. The first-order valence-electron chi connectivity index (χ1n) is 1.70. The fourth-order valence-corrected chi connectivity index (χ4v) is 0.0481.